The first-order valence-corrected chi connectivity index (χ1v) is 6.59. The zero-order chi connectivity index (χ0) is 11.1. The normalized spacial score (nSPS) is 9.87. The van der Waals surface area contributed by atoms with Crippen molar-refractivity contribution >= 4 is 34.7 Å². The highest BCUT2D eigenvalue weighted by atomic mass is 32.2. The number of nitrogens with two attached hydrogens (primary N) is 1. The lowest BCUT2D eigenvalue weighted by atomic mass is 10.4. The molecule has 0 spiro atoms. The Hall–Kier alpha value is -0.940. The fourth-order valence-corrected chi connectivity index (χ4v) is 2.30. The molecule has 0 saturated heterocycles. The van der Waals surface area contributed by atoms with Gasteiger partial charge in [-0.05, 0) is 11.4 Å². The summed E-state index contributed by atoms with van der Waals surface area (Å²) in [5, 5.41) is 4.64. The van der Waals surface area contributed by atoms with E-state index in [1.165, 1.54) is 11.3 Å². The molecule has 82 valence electrons. The number of nitrogens with one attached hydrogen (secondary N) is 1. The standard InChI is InChI=1S/C10H14N2OS2/c1-2-5-14-7-4-12-10(13)9-8(11)3-6-15-9/h2-3,6H,1,4-5,7,11H2,(H,12,13). The lowest BCUT2D eigenvalue weighted by Crippen LogP contribution is -2.25. The molecule has 3 N–H and O–H groups in total. The molecule has 1 amide bonds. The zero-order valence-electron chi connectivity index (χ0n) is 8.36. The summed E-state index contributed by atoms with van der Waals surface area (Å²) in [5.41, 5.74) is 6.18. The molecule has 0 atom stereocenters. The first-order valence-electron chi connectivity index (χ1n) is 4.55. The Labute approximate surface area is 97.7 Å². The van der Waals surface area contributed by atoms with Crippen LogP contribution in [0.25, 0.3) is 0 Å². The summed E-state index contributed by atoms with van der Waals surface area (Å²) in [4.78, 5) is 12.1. The minimum absolute atomic E-state index is 0.0818. The molecule has 1 heterocycles. The van der Waals surface area contributed by atoms with E-state index in [2.05, 4.69) is 11.9 Å². The fraction of sp³-hybridized carbons (Fsp3) is 0.300. The van der Waals surface area contributed by atoms with E-state index in [1.807, 2.05) is 11.5 Å². The molecule has 0 bridgehead atoms. The predicted octanol–water partition coefficient (Wildman–Crippen LogP) is 1.98. The Bertz CT molecular complexity index is 336. The van der Waals surface area contributed by atoms with Gasteiger partial charge in [0.1, 0.15) is 4.88 Å². The largest absolute Gasteiger partial charge is 0.397 e. The number of hydrogen-bond donors (Lipinski definition) is 2. The fourth-order valence-electron chi connectivity index (χ4n) is 0.987. The van der Waals surface area contributed by atoms with Gasteiger partial charge in [-0.25, -0.2) is 0 Å². The van der Waals surface area contributed by atoms with Gasteiger partial charge in [-0.3, -0.25) is 4.79 Å². The van der Waals surface area contributed by atoms with Crippen LogP contribution in [-0.4, -0.2) is 24.0 Å². The van der Waals surface area contributed by atoms with E-state index < -0.39 is 0 Å². The second kappa shape index (κ2) is 6.53. The number of thiophene rings is 1. The van der Waals surface area contributed by atoms with Crippen LogP contribution in [0.4, 0.5) is 5.69 Å². The molecule has 1 rings (SSSR count). The van der Waals surface area contributed by atoms with E-state index in [4.69, 9.17) is 5.73 Å². The number of nitrogen functional groups attached to an aromatic ring is 1. The van der Waals surface area contributed by atoms with Gasteiger partial charge in [0, 0.05) is 18.1 Å². The van der Waals surface area contributed by atoms with E-state index in [-0.39, 0.29) is 5.91 Å². The number of rotatable bonds is 6. The number of anilines is 1. The van der Waals surface area contributed by atoms with Crippen molar-refractivity contribution in [1.29, 1.82) is 0 Å². The minimum atomic E-state index is -0.0818. The first kappa shape index (κ1) is 12.1. The van der Waals surface area contributed by atoms with Crippen LogP contribution in [-0.2, 0) is 0 Å². The van der Waals surface area contributed by atoms with E-state index >= 15 is 0 Å². The van der Waals surface area contributed by atoms with Gasteiger partial charge in [0.05, 0.1) is 5.69 Å². The first-order chi connectivity index (χ1) is 7.25. The van der Waals surface area contributed by atoms with Crippen molar-refractivity contribution in [3.8, 4) is 0 Å². The number of amides is 1. The molecular weight excluding hydrogens is 228 g/mol. The Morgan fingerprint density at radius 1 is 1.73 bits per heavy atom. The van der Waals surface area contributed by atoms with Crippen molar-refractivity contribution in [3.05, 3.63) is 29.0 Å². The maximum absolute atomic E-state index is 11.5. The quantitative estimate of drug-likeness (QED) is 0.592. The molecule has 1 aromatic heterocycles. The van der Waals surface area contributed by atoms with Crippen LogP contribution in [0.3, 0.4) is 0 Å². The van der Waals surface area contributed by atoms with Crippen LogP contribution in [0.15, 0.2) is 24.1 Å². The third-order valence-electron chi connectivity index (χ3n) is 1.67. The molecule has 0 aliphatic heterocycles. The molecule has 5 heteroatoms. The summed E-state index contributed by atoms with van der Waals surface area (Å²) in [5.74, 6) is 1.72. The average molecular weight is 242 g/mol. The molecule has 0 aromatic carbocycles. The number of carbonyl (C=O) groups excluding carboxylic acids is 1. The Kier molecular flexibility index (Phi) is 5.28. The summed E-state index contributed by atoms with van der Waals surface area (Å²) < 4.78 is 0. The van der Waals surface area contributed by atoms with E-state index in [0.717, 1.165) is 11.5 Å². The summed E-state index contributed by atoms with van der Waals surface area (Å²) in [6.07, 6.45) is 1.85. The average Bonchev–Trinajstić information content (AvgIpc) is 2.64. The van der Waals surface area contributed by atoms with Crippen molar-refractivity contribution in [2.75, 3.05) is 23.8 Å². The molecule has 0 aliphatic carbocycles. The molecule has 15 heavy (non-hydrogen) atoms. The summed E-state index contributed by atoms with van der Waals surface area (Å²) >= 11 is 3.10. The zero-order valence-corrected chi connectivity index (χ0v) is 10.00. The smallest absolute Gasteiger partial charge is 0.263 e. The number of thioether (sulfide) groups is 1. The van der Waals surface area contributed by atoms with Crippen LogP contribution >= 0.6 is 23.1 Å². The second-order valence-corrected chi connectivity index (χ2v) is 4.89. The molecule has 0 aliphatic rings. The highest BCUT2D eigenvalue weighted by molar-refractivity contribution is 7.99. The van der Waals surface area contributed by atoms with E-state index in [1.54, 1.807) is 17.8 Å². The van der Waals surface area contributed by atoms with Crippen molar-refractivity contribution < 1.29 is 4.79 Å². The minimum Gasteiger partial charge on any atom is -0.397 e. The second-order valence-electron chi connectivity index (χ2n) is 2.82. The van der Waals surface area contributed by atoms with Crippen molar-refractivity contribution in [2.45, 2.75) is 0 Å². The summed E-state index contributed by atoms with van der Waals surface area (Å²) in [6.45, 7) is 4.28. The molecule has 0 saturated carbocycles. The SMILES string of the molecule is C=CCSCCNC(=O)c1sccc1N. The third-order valence-corrected chi connectivity index (χ3v) is 3.56. The summed E-state index contributed by atoms with van der Waals surface area (Å²) in [7, 11) is 0. The van der Waals surface area contributed by atoms with Crippen LogP contribution < -0.4 is 11.1 Å². The highest BCUT2D eigenvalue weighted by Gasteiger charge is 2.09. The Morgan fingerprint density at radius 3 is 3.13 bits per heavy atom. The van der Waals surface area contributed by atoms with Gasteiger partial charge in [-0.2, -0.15) is 11.8 Å². The van der Waals surface area contributed by atoms with Gasteiger partial charge in [-0.15, -0.1) is 17.9 Å². The Morgan fingerprint density at radius 2 is 2.53 bits per heavy atom. The lowest BCUT2D eigenvalue weighted by molar-refractivity contribution is 0.0961. The number of carbonyl (C=O) groups is 1. The molecule has 0 fully saturated rings. The van der Waals surface area contributed by atoms with E-state index in [9.17, 15) is 4.79 Å². The van der Waals surface area contributed by atoms with Crippen LogP contribution in [0.1, 0.15) is 9.67 Å². The molecule has 1 aromatic rings. The van der Waals surface area contributed by atoms with Crippen LogP contribution in [0, 0.1) is 0 Å². The molecule has 3 nitrogen and oxygen atoms in total. The van der Waals surface area contributed by atoms with Gasteiger partial charge in [0.25, 0.3) is 5.91 Å². The van der Waals surface area contributed by atoms with Crippen molar-refractivity contribution in [1.82, 2.24) is 5.32 Å². The Balaban J connectivity index is 2.25. The van der Waals surface area contributed by atoms with Crippen molar-refractivity contribution in [3.63, 3.8) is 0 Å². The third kappa shape index (κ3) is 3.97. The lowest BCUT2D eigenvalue weighted by Gasteiger charge is -2.03. The topological polar surface area (TPSA) is 55.1 Å². The molecule has 0 unspecified atom stereocenters. The van der Waals surface area contributed by atoms with Gasteiger partial charge >= 0.3 is 0 Å². The number of hydrogen-bond acceptors (Lipinski definition) is 4. The maximum Gasteiger partial charge on any atom is 0.263 e. The van der Waals surface area contributed by atoms with Gasteiger partial charge in [0.15, 0.2) is 0 Å². The summed E-state index contributed by atoms with van der Waals surface area (Å²) in [6, 6.07) is 1.74. The maximum atomic E-state index is 11.5. The van der Waals surface area contributed by atoms with E-state index in [0.29, 0.717) is 17.1 Å². The molecule has 0 radical (unpaired) electrons. The van der Waals surface area contributed by atoms with Crippen LogP contribution in [0.5, 0.6) is 0 Å². The van der Waals surface area contributed by atoms with Gasteiger partial charge in [0.2, 0.25) is 0 Å². The van der Waals surface area contributed by atoms with Crippen LogP contribution in [0.2, 0.25) is 0 Å². The molecular formula is C10H14N2OS2. The van der Waals surface area contributed by atoms with Gasteiger partial charge in [-0.1, -0.05) is 6.08 Å². The predicted molar refractivity (Wildman–Crippen MR) is 68.6 cm³/mol. The highest BCUT2D eigenvalue weighted by Crippen LogP contribution is 2.18. The van der Waals surface area contributed by atoms with Crippen molar-refractivity contribution in [2.24, 2.45) is 0 Å². The monoisotopic (exact) mass is 242 g/mol. The van der Waals surface area contributed by atoms with Gasteiger partial charge < -0.3 is 11.1 Å².